The van der Waals surface area contributed by atoms with Crippen molar-refractivity contribution in [2.24, 2.45) is 0 Å². The number of hydrogen-bond donors (Lipinski definition) is 1. The van der Waals surface area contributed by atoms with Gasteiger partial charge in [0.15, 0.2) is 5.82 Å². The van der Waals surface area contributed by atoms with Crippen molar-refractivity contribution in [3.63, 3.8) is 0 Å². The number of ether oxygens (including phenoxy) is 1. The normalized spacial score (nSPS) is 9.90. The van der Waals surface area contributed by atoms with Crippen LogP contribution in [0, 0.1) is 31.6 Å². The van der Waals surface area contributed by atoms with E-state index in [-0.39, 0.29) is 0 Å². The van der Waals surface area contributed by atoms with Crippen LogP contribution in [0.2, 0.25) is 0 Å². The number of aryl methyl sites for hydroxylation is 1. The predicted molar refractivity (Wildman–Crippen MR) is 128 cm³/mol. The summed E-state index contributed by atoms with van der Waals surface area (Å²) in [6, 6.07) is 7.96. The number of imidazole rings is 1. The van der Waals surface area contributed by atoms with Crippen LogP contribution in [0.3, 0.4) is 0 Å². The zero-order valence-electron chi connectivity index (χ0n) is 18.1. The lowest BCUT2D eigenvalue weighted by Gasteiger charge is -2.09. The molecular formula is C25H30N4O. The quantitative estimate of drug-likeness (QED) is 0.374. The smallest absolute Gasteiger partial charge is 0.152 e. The van der Waals surface area contributed by atoms with Gasteiger partial charge in [0, 0.05) is 18.4 Å². The van der Waals surface area contributed by atoms with Gasteiger partial charge in [-0.1, -0.05) is 48.3 Å². The number of terminal acetylenes is 1. The molecule has 5 heteroatoms. The first-order chi connectivity index (χ1) is 14.6. The number of nitrogens with zero attached hydrogens (tertiary/aromatic N) is 3. The zero-order valence-corrected chi connectivity index (χ0v) is 18.1. The summed E-state index contributed by atoms with van der Waals surface area (Å²) in [7, 11) is 0. The van der Waals surface area contributed by atoms with E-state index in [1.54, 1.807) is 6.08 Å². The summed E-state index contributed by atoms with van der Waals surface area (Å²) in [4.78, 5) is 9.02. The number of fused-ring (bicyclic) bond motifs is 3. The average molecular weight is 403 g/mol. The number of nitrogens with two attached hydrogens (primary N) is 1. The summed E-state index contributed by atoms with van der Waals surface area (Å²) < 4.78 is 7.73. The van der Waals surface area contributed by atoms with Gasteiger partial charge in [0.05, 0.1) is 17.6 Å². The topological polar surface area (TPSA) is 66.0 Å². The fraction of sp³-hybridized carbons (Fsp3) is 0.280. The third kappa shape index (κ3) is 6.51. The van der Waals surface area contributed by atoms with Gasteiger partial charge >= 0.3 is 0 Å². The number of anilines is 1. The minimum Gasteiger partial charge on any atom is -0.382 e. The molecule has 0 unspecified atom stereocenters. The minimum absolute atomic E-state index is 0.421. The van der Waals surface area contributed by atoms with E-state index in [9.17, 15) is 0 Å². The molecule has 0 radical (unpaired) electrons. The fourth-order valence-electron chi connectivity index (χ4n) is 2.72. The first-order valence-corrected chi connectivity index (χ1v) is 9.70. The number of hydrogen-bond acceptors (Lipinski definition) is 4. The van der Waals surface area contributed by atoms with Crippen molar-refractivity contribution in [1.29, 1.82) is 0 Å². The molecule has 0 aliphatic rings. The van der Waals surface area contributed by atoms with Crippen LogP contribution in [0.15, 0.2) is 49.1 Å². The number of rotatable bonds is 5. The van der Waals surface area contributed by atoms with Gasteiger partial charge in [-0.05, 0) is 26.8 Å². The maximum Gasteiger partial charge on any atom is 0.152 e. The molecule has 1 aromatic carbocycles. The van der Waals surface area contributed by atoms with Crippen LogP contribution in [0.5, 0.6) is 0 Å². The highest BCUT2D eigenvalue weighted by atomic mass is 16.5. The van der Waals surface area contributed by atoms with Gasteiger partial charge < -0.3 is 15.0 Å². The van der Waals surface area contributed by atoms with Crippen LogP contribution in [0.4, 0.5) is 5.82 Å². The van der Waals surface area contributed by atoms with Crippen molar-refractivity contribution in [3.05, 3.63) is 54.9 Å². The van der Waals surface area contributed by atoms with Crippen LogP contribution < -0.4 is 5.73 Å². The summed E-state index contributed by atoms with van der Waals surface area (Å²) in [6.45, 7) is 11.3. The Kier molecular flexibility index (Phi) is 11.1. The van der Waals surface area contributed by atoms with Crippen molar-refractivity contribution in [2.75, 3.05) is 18.9 Å². The molecule has 5 nitrogen and oxygen atoms in total. The molecule has 2 heterocycles. The Hall–Kier alpha value is -3.54. The van der Waals surface area contributed by atoms with Crippen molar-refractivity contribution < 1.29 is 4.74 Å². The highest BCUT2D eigenvalue weighted by Gasteiger charge is 2.14. The number of allylic oxidation sites excluding steroid dienone is 3. The molecule has 0 amide bonds. The maximum atomic E-state index is 6.08. The second kappa shape index (κ2) is 13.6. The molecule has 0 saturated carbocycles. The van der Waals surface area contributed by atoms with Gasteiger partial charge in [-0.3, -0.25) is 0 Å². The predicted octanol–water partition coefficient (Wildman–Crippen LogP) is 4.90. The van der Waals surface area contributed by atoms with Crippen LogP contribution in [0.1, 0.15) is 26.1 Å². The second-order valence-corrected chi connectivity index (χ2v) is 6.09. The Labute approximate surface area is 179 Å². The number of para-hydroxylation sites is 1. The second-order valence-electron chi connectivity index (χ2n) is 6.09. The molecular weight excluding hydrogens is 372 g/mol. The van der Waals surface area contributed by atoms with E-state index in [1.807, 2.05) is 57.2 Å². The summed E-state index contributed by atoms with van der Waals surface area (Å²) >= 11 is 0. The van der Waals surface area contributed by atoms with E-state index in [2.05, 4.69) is 45.8 Å². The Bertz CT molecular complexity index is 1060. The van der Waals surface area contributed by atoms with E-state index in [1.165, 1.54) is 0 Å². The standard InChI is InChI=1S/C19H20N4O.C4H8.C2H2/c1-3-4-5-8-12-24-13-11-23-14(2)21-17-18(23)15-9-6-7-10-16(15)22-19(17)20;1-3-4-2;1-2/h3,6-7,9-10H,1,4,11-13H2,2H3,(H2,20,22);3-4H,1-2H3;1-2H/b;4-3-;. The fourth-order valence-corrected chi connectivity index (χ4v) is 2.72. The van der Waals surface area contributed by atoms with Gasteiger partial charge in [-0.25, -0.2) is 9.97 Å². The molecule has 0 saturated heterocycles. The lowest BCUT2D eigenvalue weighted by atomic mass is 10.2. The summed E-state index contributed by atoms with van der Waals surface area (Å²) in [5, 5.41) is 1.05. The SMILES string of the molecule is C#C.C/C=C\C.C=CCC#CCOCCn1c(C)nc2c(N)nc3ccccc3c21. The molecule has 3 rings (SSSR count). The molecule has 2 aromatic heterocycles. The molecule has 0 spiro atoms. The first kappa shape index (κ1) is 24.5. The van der Waals surface area contributed by atoms with Crippen LogP contribution in [0.25, 0.3) is 21.9 Å². The molecule has 0 aliphatic carbocycles. The van der Waals surface area contributed by atoms with E-state index < -0.39 is 0 Å². The number of aromatic nitrogens is 3. The third-order valence-corrected chi connectivity index (χ3v) is 4.14. The monoisotopic (exact) mass is 402 g/mol. The molecule has 2 N–H and O–H groups in total. The minimum atomic E-state index is 0.421. The lowest BCUT2D eigenvalue weighted by Crippen LogP contribution is -2.08. The number of benzene rings is 1. The average Bonchev–Trinajstić information content (AvgIpc) is 3.12. The highest BCUT2D eigenvalue weighted by Crippen LogP contribution is 2.28. The van der Waals surface area contributed by atoms with E-state index in [0.29, 0.717) is 32.0 Å². The maximum absolute atomic E-state index is 6.08. The first-order valence-electron chi connectivity index (χ1n) is 9.70. The van der Waals surface area contributed by atoms with E-state index >= 15 is 0 Å². The van der Waals surface area contributed by atoms with Crippen LogP contribution in [-0.4, -0.2) is 27.7 Å². The Morgan fingerprint density at radius 1 is 1.17 bits per heavy atom. The van der Waals surface area contributed by atoms with Crippen molar-refractivity contribution in [2.45, 2.75) is 33.7 Å². The van der Waals surface area contributed by atoms with Crippen molar-refractivity contribution >= 4 is 27.8 Å². The Morgan fingerprint density at radius 2 is 1.87 bits per heavy atom. The van der Waals surface area contributed by atoms with Crippen LogP contribution >= 0.6 is 0 Å². The zero-order chi connectivity index (χ0) is 22.4. The summed E-state index contributed by atoms with van der Waals surface area (Å²) in [5.74, 6) is 7.28. The van der Waals surface area contributed by atoms with Gasteiger partial charge in [-0.2, -0.15) is 0 Å². The van der Waals surface area contributed by atoms with Gasteiger partial charge in [0.2, 0.25) is 0 Å². The summed E-state index contributed by atoms with van der Waals surface area (Å²) in [5.41, 5.74) is 8.72. The van der Waals surface area contributed by atoms with Gasteiger partial charge in [0.25, 0.3) is 0 Å². The van der Waals surface area contributed by atoms with Crippen molar-refractivity contribution in [3.8, 4) is 24.7 Å². The molecule has 0 fully saturated rings. The Morgan fingerprint density at radius 3 is 2.53 bits per heavy atom. The van der Waals surface area contributed by atoms with E-state index in [4.69, 9.17) is 10.5 Å². The lowest BCUT2D eigenvalue weighted by molar-refractivity contribution is 0.158. The molecule has 0 aliphatic heterocycles. The molecule has 30 heavy (non-hydrogen) atoms. The Balaban J connectivity index is 0.000000673. The molecule has 0 bridgehead atoms. The van der Waals surface area contributed by atoms with Gasteiger partial charge in [0.1, 0.15) is 17.9 Å². The number of nitrogen functional groups attached to an aromatic ring is 1. The molecule has 0 atom stereocenters. The highest BCUT2D eigenvalue weighted by molar-refractivity contribution is 6.06. The summed E-state index contributed by atoms with van der Waals surface area (Å²) in [6.07, 6.45) is 14.5. The van der Waals surface area contributed by atoms with Gasteiger partial charge in [-0.15, -0.1) is 19.4 Å². The van der Waals surface area contributed by atoms with E-state index in [0.717, 1.165) is 27.8 Å². The third-order valence-electron chi connectivity index (χ3n) is 4.14. The van der Waals surface area contributed by atoms with Crippen molar-refractivity contribution in [1.82, 2.24) is 14.5 Å². The van der Waals surface area contributed by atoms with Crippen LogP contribution in [-0.2, 0) is 11.3 Å². The largest absolute Gasteiger partial charge is 0.382 e. The molecule has 3 aromatic rings. The molecule has 156 valence electrons. The number of pyridine rings is 1.